The topological polar surface area (TPSA) is 68.2 Å². The molecule has 1 amide bonds. The maximum Gasteiger partial charge on any atom is 0.221 e. The van der Waals surface area contributed by atoms with Gasteiger partial charge < -0.3 is 15.4 Å². The molecule has 0 spiro atoms. The van der Waals surface area contributed by atoms with Gasteiger partial charge in [-0.05, 0) is 18.9 Å². The summed E-state index contributed by atoms with van der Waals surface area (Å²) in [4.78, 5) is 12.3. The van der Waals surface area contributed by atoms with E-state index in [1.165, 1.54) is 12.8 Å². The highest BCUT2D eigenvalue weighted by Crippen LogP contribution is 2.28. The maximum atomic E-state index is 12.3. The van der Waals surface area contributed by atoms with E-state index in [1.807, 2.05) is 16.9 Å². The van der Waals surface area contributed by atoms with Gasteiger partial charge in [0.15, 0.2) is 0 Å². The first-order valence-electron chi connectivity index (χ1n) is 7.92. The number of hydrogen-bond donors (Lipinski definition) is 2. The van der Waals surface area contributed by atoms with E-state index in [1.54, 1.807) is 6.20 Å². The molecule has 0 bridgehead atoms. The molecule has 0 aromatic carbocycles. The third kappa shape index (κ3) is 3.83. The number of nitrogens with zero attached hydrogens (tertiary/aromatic N) is 2. The van der Waals surface area contributed by atoms with Gasteiger partial charge in [0, 0.05) is 31.4 Å². The van der Waals surface area contributed by atoms with Gasteiger partial charge in [-0.2, -0.15) is 5.10 Å². The quantitative estimate of drug-likeness (QED) is 0.864. The Morgan fingerprint density at radius 1 is 1.43 bits per heavy atom. The van der Waals surface area contributed by atoms with E-state index >= 15 is 0 Å². The number of amides is 1. The molecule has 1 saturated heterocycles. The summed E-state index contributed by atoms with van der Waals surface area (Å²) in [6.45, 7) is 2.19. The first-order chi connectivity index (χ1) is 10.3. The molecule has 1 aromatic rings. The Morgan fingerprint density at radius 3 is 3.10 bits per heavy atom. The Hall–Kier alpha value is -1.40. The van der Waals surface area contributed by atoms with Crippen molar-refractivity contribution in [1.29, 1.82) is 0 Å². The lowest BCUT2D eigenvalue weighted by atomic mass is 9.90. The summed E-state index contributed by atoms with van der Waals surface area (Å²) in [5, 5.41) is 10.9. The highest BCUT2D eigenvalue weighted by molar-refractivity contribution is 5.77. The van der Waals surface area contributed by atoms with E-state index in [2.05, 4.69) is 15.7 Å². The summed E-state index contributed by atoms with van der Waals surface area (Å²) in [6, 6.07) is 2.56. The van der Waals surface area contributed by atoms with Gasteiger partial charge in [0.05, 0.1) is 25.3 Å². The van der Waals surface area contributed by atoms with Crippen LogP contribution in [0.2, 0.25) is 0 Å². The lowest BCUT2D eigenvalue weighted by Gasteiger charge is -2.33. The number of nitrogens with one attached hydrogen (secondary N) is 2. The molecule has 1 aliphatic heterocycles. The molecule has 1 saturated carbocycles. The molecule has 6 heteroatoms. The number of carbonyl (C=O) groups is 1. The first-order valence-corrected chi connectivity index (χ1v) is 7.92. The largest absolute Gasteiger partial charge is 0.378 e. The van der Waals surface area contributed by atoms with Crippen LogP contribution in [-0.4, -0.2) is 47.5 Å². The Balaban J connectivity index is 1.55. The number of aromatic nitrogens is 2. The van der Waals surface area contributed by atoms with Crippen LogP contribution >= 0.6 is 0 Å². The predicted molar refractivity (Wildman–Crippen MR) is 78.9 cm³/mol. The van der Waals surface area contributed by atoms with Crippen LogP contribution in [0.3, 0.4) is 0 Å². The third-order valence-electron chi connectivity index (χ3n) is 4.37. The zero-order chi connectivity index (χ0) is 14.5. The molecule has 6 nitrogen and oxygen atoms in total. The van der Waals surface area contributed by atoms with Crippen LogP contribution in [0.5, 0.6) is 0 Å². The second-order valence-electron chi connectivity index (χ2n) is 5.94. The van der Waals surface area contributed by atoms with Crippen LogP contribution < -0.4 is 10.6 Å². The summed E-state index contributed by atoms with van der Waals surface area (Å²) in [5.74, 6) is 0.113. The zero-order valence-corrected chi connectivity index (χ0v) is 12.3. The van der Waals surface area contributed by atoms with Crippen LogP contribution in [0, 0.1) is 0 Å². The number of morpholine rings is 1. The fourth-order valence-electron chi connectivity index (χ4n) is 3.31. The van der Waals surface area contributed by atoms with E-state index in [4.69, 9.17) is 4.74 Å². The Labute approximate surface area is 125 Å². The van der Waals surface area contributed by atoms with Crippen molar-refractivity contribution in [2.45, 2.75) is 50.2 Å². The van der Waals surface area contributed by atoms with Crippen LogP contribution in [-0.2, 0) is 9.53 Å². The number of rotatable bonds is 4. The van der Waals surface area contributed by atoms with Crippen molar-refractivity contribution in [2.24, 2.45) is 0 Å². The molecule has 116 valence electrons. The van der Waals surface area contributed by atoms with Gasteiger partial charge in [0.2, 0.25) is 5.91 Å². The average Bonchev–Trinajstić information content (AvgIpc) is 3.03. The van der Waals surface area contributed by atoms with Gasteiger partial charge >= 0.3 is 0 Å². The summed E-state index contributed by atoms with van der Waals surface area (Å²) < 4.78 is 7.39. The van der Waals surface area contributed by atoms with Crippen LogP contribution in [0.15, 0.2) is 18.5 Å². The second-order valence-corrected chi connectivity index (χ2v) is 5.94. The Bertz CT molecular complexity index is 443. The summed E-state index contributed by atoms with van der Waals surface area (Å²) in [6.07, 6.45) is 8.77. The van der Waals surface area contributed by atoms with Gasteiger partial charge in [-0.15, -0.1) is 0 Å². The number of ether oxygens (including phenoxy) is 1. The number of carbonyl (C=O) groups excluding carboxylic acids is 1. The molecule has 2 heterocycles. The van der Waals surface area contributed by atoms with Crippen molar-refractivity contribution in [2.75, 3.05) is 19.8 Å². The second kappa shape index (κ2) is 7.04. The van der Waals surface area contributed by atoms with Gasteiger partial charge in [0.1, 0.15) is 0 Å². The minimum atomic E-state index is 0.113. The smallest absolute Gasteiger partial charge is 0.221 e. The van der Waals surface area contributed by atoms with Crippen molar-refractivity contribution in [3.63, 3.8) is 0 Å². The zero-order valence-electron chi connectivity index (χ0n) is 12.3. The van der Waals surface area contributed by atoms with Crippen molar-refractivity contribution in [3.05, 3.63) is 18.5 Å². The molecule has 1 aromatic heterocycles. The van der Waals surface area contributed by atoms with Gasteiger partial charge in [-0.3, -0.25) is 9.48 Å². The van der Waals surface area contributed by atoms with E-state index in [0.717, 1.165) is 26.0 Å². The number of hydrogen-bond acceptors (Lipinski definition) is 4. The highest BCUT2D eigenvalue weighted by Gasteiger charge is 2.28. The molecule has 3 unspecified atom stereocenters. The van der Waals surface area contributed by atoms with Crippen molar-refractivity contribution in [3.8, 4) is 0 Å². The molecule has 2 N–H and O–H groups in total. The fraction of sp³-hybridized carbons (Fsp3) is 0.733. The molecular formula is C15H24N4O2. The molecule has 1 aliphatic carbocycles. The summed E-state index contributed by atoms with van der Waals surface area (Å²) in [5.41, 5.74) is 0. The normalized spacial score (nSPS) is 30.0. The minimum Gasteiger partial charge on any atom is -0.378 e. The van der Waals surface area contributed by atoms with Crippen LogP contribution in [0.4, 0.5) is 0 Å². The standard InChI is InChI=1S/C15H24N4O2/c20-15(10-12-11-21-9-7-16-12)18-13-4-1-2-5-14(13)19-8-3-6-17-19/h3,6,8,12-14,16H,1-2,4-5,7,9-11H2,(H,18,20). The maximum absolute atomic E-state index is 12.3. The van der Waals surface area contributed by atoms with Gasteiger partial charge in [-0.1, -0.05) is 12.8 Å². The SMILES string of the molecule is O=C(CC1COCCN1)NC1CCCCC1n1cccn1. The summed E-state index contributed by atoms with van der Waals surface area (Å²) in [7, 11) is 0. The van der Waals surface area contributed by atoms with E-state index in [0.29, 0.717) is 13.0 Å². The van der Waals surface area contributed by atoms with E-state index < -0.39 is 0 Å². The van der Waals surface area contributed by atoms with Gasteiger partial charge in [-0.25, -0.2) is 0 Å². The molecule has 2 aliphatic rings. The molecule has 0 radical (unpaired) electrons. The Kier molecular flexibility index (Phi) is 4.87. The van der Waals surface area contributed by atoms with E-state index in [-0.39, 0.29) is 24.0 Å². The first kappa shape index (κ1) is 14.5. The lowest BCUT2D eigenvalue weighted by molar-refractivity contribution is -0.123. The molecular weight excluding hydrogens is 268 g/mol. The molecule has 3 rings (SSSR count). The van der Waals surface area contributed by atoms with Crippen LogP contribution in [0.25, 0.3) is 0 Å². The van der Waals surface area contributed by atoms with E-state index in [9.17, 15) is 4.79 Å². The van der Waals surface area contributed by atoms with Gasteiger partial charge in [0.25, 0.3) is 0 Å². The fourth-order valence-corrected chi connectivity index (χ4v) is 3.31. The van der Waals surface area contributed by atoms with Crippen molar-refractivity contribution >= 4 is 5.91 Å². The minimum absolute atomic E-state index is 0.113. The highest BCUT2D eigenvalue weighted by atomic mass is 16.5. The van der Waals surface area contributed by atoms with Crippen molar-refractivity contribution in [1.82, 2.24) is 20.4 Å². The average molecular weight is 292 g/mol. The molecule has 3 atom stereocenters. The van der Waals surface area contributed by atoms with Crippen LogP contribution in [0.1, 0.15) is 38.1 Å². The monoisotopic (exact) mass is 292 g/mol. The summed E-state index contributed by atoms with van der Waals surface area (Å²) >= 11 is 0. The molecule has 21 heavy (non-hydrogen) atoms. The Morgan fingerprint density at radius 2 is 2.33 bits per heavy atom. The third-order valence-corrected chi connectivity index (χ3v) is 4.37. The lowest BCUT2D eigenvalue weighted by Crippen LogP contribution is -2.48. The van der Waals surface area contributed by atoms with Crippen molar-refractivity contribution < 1.29 is 9.53 Å². The predicted octanol–water partition coefficient (Wildman–Crippen LogP) is 0.862. The molecule has 2 fully saturated rings.